The highest BCUT2D eigenvalue weighted by Crippen LogP contribution is 2.38. The van der Waals surface area contributed by atoms with Crippen LogP contribution < -0.4 is 0 Å². The largest absolute Gasteiger partial charge is 0.344 e. The molecule has 0 aliphatic carbocycles. The van der Waals surface area contributed by atoms with Crippen LogP contribution in [-0.4, -0.2) is 17.5 Å². The molecule has 0 amide bonds. The van der Waals surface area contributed by atoms with Crippen LogP contribution in [0.5, 0.6) is 0 Å². The van der Waals surface area contributed by atoms with E-state index in [1.807, 2.05) is 19.9 Å². The molecule has 0 aromatic carbocycles. The van der Waals surface area contributed by atoms with E-state index in [1.54, 1.807) is 0 Å². The van der Waals surface area contributed by atoms with Crippen molar-refractivity contribution >= 4 is 0 Å². The Morgan fingerprint density at radius 2 is 1.93 bits per heavy atom. The molecule has 0 aromatic rings. The second kappa shape index (κ2) is 4.26. The van der Waals surface area contributed by atoms with Crippen LogP contribution in [0, 0.1) is 5.92 Å². The lowest BCUT2D eigenvalue weighted by Gasteiger charge is -2.24. The van der Waals surface area contributed by atoms with Gasteiger partial charge >= 0.3 is 0 Å². The molecule has 1 heterocycles. The smallest absolute Gasteiger partial charge is 0.164 e. The van der Waals surface area contributed by atoms with Gasteiger partial charge in [-0.3, -0.25) is 0 Å². The van der Waals surface area contributed by atoms with E-state index >= 15 is 0 Å². The molecule has 15 heavy (non-hydrogen) atoms. The second-order valence-corrected chi connectivity index (χ2v) is 5.50. The van der Waals surface area contributed by atoms with Crippen molar-refractivity contribution in [1.82, 2.24) is 0 Å². The molecule has 0 N–H and O–H groups in total. The molecule has 2 heteroatoms. The molecule has 88 valence electrons. The van der Waals surface area contributed by atoms with E-state index in [4.69, 9.17) is 9.47 Å². The van der Waals surface area contributed by atoms with Crippen LogP contribution in [0.3, 0.4) is 0 Å². The highest BCUT2D eigenvalue weighted by Gasteiger charge is 2.46. The Labute approximate surface area is 93.7 Å². The summed E-state index contributed by atoms with van der Waals surface area (Å²) in [5.41, 5.74) is -0.176. The molecule has 1 saturated heterocycles. The van der Waals surface area contributed by atoms with Gasteiger partial charge in [-0.15, -0.1) is 6.58 Å². The van der Waals surface area contributed by atoms with E-state index in [2.05, 4.69) is 27.4 Å². The molecule has 1 rings (SSSR count). The zero-order chi connectivity index (χ0) is 11.7. The molecule has 1 aliphatic rings. The zero-order valence-electron chi connectivity index (χ0n) is 10.7. The summed E-state index contributed by atoms with van der Waals surface area (Å²) >= 11 is 0. The molecule has 2 atom stereocenters. The normalized spacial score (nSPS) is 30.1. The minimum atomic E-state index is -0.439. The number of allylic oxidation sites excluding steroid dienone is 1. The van der Waals surface area contributed by atoms with Gasteiger partial charge in [-0.2, -0.15) is 0 Å². The Bertz CT molecular complexity index is 231. The van der Waals surface area contributed by atoms with Crippen molar-refractivity contribution in [2.24, 2.45) is 5.92 Å². The third kappa shape index (κ3) is 3.32. The van der Waals surface area contributed by atoms with E-state index in [9.17, 15) is 0 Å². The van der Waals surface area contributed by atoms with E-state index in [0.717, 1.165) is 12.8 Å². The van der Waals surface area contributed by atoms with Crippen molar-refractivity contribution < 1.29 is 9.47 Å². The number of hydrogen-bond donors (Lipinski definition) is 0. The van der Waals surface area contributed by atoms with Gasteiger partial charge in [0.2, 0.25) is 0 Å². The molecule has 0 spiro atoms. The lowest BCUT2D eigenvalue weighted by Crippen LogP contribution is -2.33. The van der Waals surface area contributed by atoms with Crippen molar-refractivity contribution in [2.45, 2.75) is 65.0 Å². The Morgan fingerprint density at radius 1 is 1.33 bits per heavy atom. The van der Waals surface area contributed by atoms with Gasteiger partial charge in [0, 0.05) is 0 Å². The minimum Gasteiger partial charge on any atom is -0.344 e. The van der Waals surface area contributed by atoms with E-state index in [1.165, 1.54) is 0 Å². The van der Waals surface area contributed by atoms with Crippen LogP contribution in [0.4, 0.5) is 0 Å². The molecule has 0 bridgehead atoms. The van der Waals surface area contributed by atoms with E-state index in [0.29, 0.717) is 5.92 Å². The Balaban J connectivity index is 2.52. The minimum absolute atomic E-state index is 0.176. The molecule has 2 nitrogen and oxygen atoms in total. The van der Waals surface area contributed by atoms with Gasteiger partial charge in [0.05, 0.1) is 11.7 Å². The molecule has 0 saturated carbocycles. The zero-order valence-corrected chi connectivity index (χ0v) is 10.7. The van der Waals surface area contributed by atoms with Gasteiger partial charge in [0.25, 0.3) is 0 Å². The first-order valence-electron chi connectivity index (χ1n) is 5.77. The summed E-state index contributed by atoms with van der Waals surface area (Å²) in [6, 6.07) is 0. The summed E-state index contributed by atoms with van der Waals surface area (Å²) in [5.74, 6) is 0.110. The average molecular weight is 212 g/mol. The highest BCUT2D eigenvalue weighted by atomic mass is 16.8. The molecule has 0 aromatic heterocycles. The van der Waals surface area contributed by atoms with Gasteiger partial charge in [0.15, 0.2) is 5.79 Å². The molecule has 1 aliphatic heterocycles. The first-order valence-corrected chi connectivity index (χ1v) is 5.77. The van der Waals surface area contributed by atoms with Gasteiger partial charge in [-0.05, 0) is 46.5 Å². The molecule has 2 unspecified atom stereocenters. The van der Waals surface area contributed by atoms with Gasteiger partial charge in [-0.25, -0.2) is 0 Å². The van der Waals surface area contributed by atoms with E-state index < -0.39 is 5.79 Å². The van der Waals surface area contributed by atoms with Crippen LogP contribution in [0.1, 0.15) is 47.5 Å². The lowest BCUT2D eigenvalue weighted by atomic mass is 9.94. The van der Waals surface area contributed by atoms with Crippen LogP contribution in [0.25, 0.3) is 0 Å². The fraction of sp³-hybridized carbons (Fsp3) is 0.846. The van der Waals surface area contributed by atoms with Gasteiger partial charge in [0.1, 0.15) is 0 Å². The Hall–Kier alpha value is -0.340. The summed E-state index contributed by atoms with van der Waals surface area (Å²) in [7, 11) is 0. The van der Waals surface area contributed by atoms with Crippen LogP contribution in [-0.2, 0) is 9.47 Å². The third-order valence-corrected chi connectivity index (χ3v) is 3.00. The molecule has 1 fully saturated rings. The lowest BCUT2D eigenvalue weighted by molar-refractivity contribution is -0.157. The predicted molar refractivity (Wildman–Crippen MR) is 62.7 cm³/mol. The average Bonchev–Trinajstić information content (AvgIpc) is 2.29. The van der Waals surface area contributed by atoms with Crippen LogP contribution >= 0.6 is 0 Å². The number of hydrogen-bond acceptors (Lipinski definition) is 2. The highest BCUT2D eigenvalue weighted by molar-refractivity contribution is 4.90. The fourth-order valence-corrected chi connectivity index (χ4v) is 2.15. The molecular formula is C13H24O2. The maximum absolute atomic E-state index is 5.90. The Morgan fingerprint density at radius 3 is 2.33 bits per heavy atom. The third-order valence-electron chi connectivity index (χ3n) is 3.00. The second-order valence-electron chi connectivity index (χ2n) is 5.50. The maximum atomic E-state index is 5.90. The number of rotatable bonds is 4. The van der Waals surface area contributed by atoms with Crippen molar-refractivity contribution in [2.75, 3.05) is 0 Å². The van der Waals surface area contributed by atoms with Crippen LogP contribution in [0.2, 0.25) is 0 Å². The topological polar surface area (TPSA) is 18.5 Å². The first-order chi connectivity index (χ1) is 6.77. The van der Waals surface area contributed by atoms with Crippen molar-refractivity contribution in [3.63, 3.8) is 0 Å². The first kappa shape index (κ1) is 12.7. The van der Waals surface area contributed by atoms with Crippen molar-refractivity contribution in [3.05, 3.63) is 12.7 Å². The SMILES string of the molecule is C=CC(C)CCC1OC(C)(C)OC1(C)C. The summed E-state index contributed by atoms with van der Waals surface area (Å²) < 4.78 is 11.8. The van der Waals surface area contributed by atoms with Crippen LogP contribution in [0.15, 0.2) is 12.7 Å². The summed E-state index contributed by atoms with van der Waals surface area (Å²) in [6.45, 7) is 14.1. The molecular weight excluding hydrogens is 188 g/mol. The maximum Gasteiger partial charge on any atom is 0.164 e. The monoisotopic (exact) mass is 212 g/mol. The molecule has 0 radical (unpaired) electrons. The summed E-state index contributed by atoms with van der Waals surface area (Å²) in [4.78, 5) is 0. The fourth-order valence-electron chi connectivity index (χ4n) is 2.15. The van der Waals surface area contributed by atoms with Crippen molar-refractivity contribution in [1.29, 1.82) is 0 Å². The van der Waals surface area contributed by atoms with Crippen molar-refractivity contribution in [3.8, 4) is 0 Å². The Kier molecular flexibility index (Phi) is 3.62. The predicted octanol–water partition coefficient (Wildman–Crippen LogP) is 3.52. The van der Waals surface area contributed by atoms with E-state index in [-0.39, 0.29) is 11.7 Å². The number of ether oxygens (including phenoxy) is 2. The standard InChI is InChI=1S/C13H24O2/c1-7-10(2)8-9-11-12(3,4)15-13(5,6)14-11/h7,10-11H,1,8-9H2,2-6H3. The summed E-state index contributed by atoms with van der Waals surface area (Å²) in [5, 5.41) is 0. The quantitative estimate of drug-likeness (QED) is 0.664. The van der Waals surface area contributed by atoms with Gasteiger partial charge in [-0.1, -0.05) is 13.0 Å². The van der Waals surface area contributed by atoms with Gasteiger partial charge < -0.3 is 9.47 Å². The summed E-state index contributed by atoms with van der Waals surface area (Å²) in [6.07, 6.45) is 4.32.